The average Bonchev–Trinajstić information content (AvgIpc) is 2.28. The predicted octanol–water partition coefficient (Wildman–Crippen LogP) is 2.55. The van der Waals surface area contributed by atoms with Crippen molar-refractivity contribution < 1.29 is 0 Å². The van der Waals surface area contributed by atoms with Crippen LogP contribution in [0.4, 0.5) is 0 Å². The highest BCUT2D eigenvalue weighted by atomic mass is 14.9. The first kappa shape index (κ1) is 12.4. The van der Waals surface area contributed by atoms with Crippen molar-refractivity contribution in [2.24, 2.45) is 10.8 Å². The summed E-state index contributed by atoms with van der Waals surface area (Å²) in [5, 5.41) is 7.24. The van der Waals surface area contributed by atoms with E-state index in [0.29, 0.717) is 10.8 Å². The van der Waals surface area contributed by atoms with Crippen LogP contribution in [0.25, 0.3) is 0 Å². The van der Waals surface area contributed by atoms with Gasteiger partial charge in [-0.3, -0.25) is 0 Å². The molecule has 1 aliphatic heterocycles. The van der Waals surface area contributed by atoms with Gasteiger partial charge >= 0.3 is 0 Å². The molecule has 0 aromatic carbocycles. The standard InChI is InChI=1S/C14H28N2/c1-3-14(7-9-15-10-8-14)12-16-11-13(2)5-4-6-13/h15-16H,3-12H2,1-2H3. The number of nitrogens with one attached hydrogen (secondary N) is 2. The minimum atomic E-state index is 0.589. The van der Waals surface area contributed by atoms with Gasteiger partial charge < -0.3 is 10.6 Å². The number of hydrogen-bond acceptors (Lipinski definition) is 2. The summed E-state index contributed by atoms with van der Waals surface area (Å²) >= 11 is 0. The molecule has 0 spiro atoms. The Morgan fingerprint density at radius 2 is 1.75 bits per heavy atom. The summed E-state index contributed by atoms with van der Waals surface area (Å²) in [5.74, 6) is 0. The molecule has 94 valence electrons. The van der Waals surface area contributed by atoms with E-state index < -0.39 is 0 Å². The second-order valence-corrected chi connectivity index (χ2v) is 6.37. The van der Waals surface area contributed by atoms with E-state index >= 15 is 0 Å². The molecule has 0 radical (unpaired) electrons. The normalized spacial score (nSPS) is 27.4. The van der Waals surface area contributed by atoms with Crippen LogP contribution in [0.15, 0.2) is 0 Å². The van der Waals surface area contributed by atoms with Gasteiger partial charge in [-0.1, -0.05) is 20.3 Å². The Morgan fingerprint density at radius 3 is 2.25 bits per heavy atom. The molecular weight excluding hydrogens is 196 g/mol. The summed E-state index contributed by atoms with van der Waals surface area (Å²) in [7, 11) is 0. The Kier molecular flexibility index (Phi) is 3.91. The molecule has 0 unspecified atom stereocenters. The maximum Gasteiger partial charge on any atom is 0.000889 e. The molecule has 2 fully saturated rings. The average molecular weight is 224 g/mol. The molecular formula is C14H28N2. The van der Waals surface area contributed by atoms with Crippen molar-refractivity contribution in [2.75, 3.05) is 26.2 Å². The molecule has 1 saturated carbocycles. The lowest BCUT2D eigenvalue weighted by molar-refractivity contribution is 0.132. The fourth-order valence-electron chi connectivity index (χ4n) is 3.20. The Balaban J connectivity index is 1.73. The number of hydrogen-bond donors (Lipinski definition) is 2. The van der Waals surface area contributed by atoms with Crippen molar-refractivity contribution in [1.82, 2.24) is 10.6 Å². The van der Waals surface area contributed by atoms with Gasteiger partial charge in [0.05, 0.1) is 0 Å². The minimum absolute atomic E-state index is 0.589. The van der Waals surface area contributed by atoms with E-state index in [1.165, 1.54) is 64.7 Å². The zero-order valence-electron chi connectivity index (χ0n) is 11.1. The van der Waals surface area contributed by atoms with Crippen LogP contribution in [-0.4, -0.2) is 26.2 Å². The van der Waals surface area contributed by atoms with E-state index in [9.17, 15) is 0 Å². The summed E-state index contributed by atoms with van der Waals surface area (Å²) in [5.41, 5.74) is 1.22. The first-order valence-corrected chi connectivity index (χ1v) is 7.10. The Labute approximate surface area is 101 Å². The molecule has 2 heteroatoms. The zero-order valence-corrected chi connectivity index (χ0v) is 11.1. The first-order valence-electron chi connectivity index (χ1n) is 7.10. The fraction of sp³-hybridized carbons (Fsp3) is 1.00. The molecule has 2 aliphatic rings. The van der Waals surface area contributed by atoms with Crippen LogP contribution in [0, 0.1) is 10.8 Å². The molecule has 0 bridgehead atoms. The van der Waals surface area contributed by atoms with Crippen LogP contribution in [-0.2, 0) is 0 Å². The van der Waals surface area contributed by atoms with Gasteiger partial charge in [-0.2, -0.15) is 0 Å². The van der Waals surface area contributed by atoms with Gasteiger partial charge in [0.1, 0.15) is 0 Å². The van der Waals surface area contributed by atoms with Crippen LogP contribution in [0.1, 0.15) is 52.4 Å². The van der Waals surface area contributed by atoms with E-state index in [2.05, 4.69) is 24.5 Å². The van der Waals surface area contributed by atoms with Crippen LogP contribution < -0.4 is 10.6 Å². The maximum atomic E-state index is 3.76. The molecule has 0 aromatic heterocycles. The van der Waals surface area contributed by atoms with Crippen molar-refractivity contribution >= 4 is 0 Å². The van der Waals surface area contributed by atoms with E-state index in [1.54, 1.807) is 0 Å². The number of piperidine rings is 1. The maximum absolute atomic E-state index is 3.76. The van der Waals surface area contributed by atoms with Crippen molar-refractivity contribution in [3.63, 3.8) is 0 Å². The Bertz CT molecular complexity index is 215. The lowest BCUT2D eigenvalue weighted by atomic mass is 9.70. The summed E-state index contributed by atoms with van der Waals surface area (Å²) in [6.45, 7) is 9.70. The SMILES string of the molecule is CCC1(CNCC2(C)CCC2)CCNCC1. The third-order valence-electron chi connectivity index (χ3n) is 5.03. The van der Waals surface area contributed by atoms with E-state index in [0.717, 1.165) is 0 Å². The third-order valence-corrected chi connectivity index (χ3v) is 5.03. The second-order valence-electron chi connectivity index (χ2n) is 6.37. The topological polar surface area (TPSA) is 24.1 Å². The molecule has 0 amide bonds. The van der Waals surface area contributed by atoms with E-state index in [-0.39, 0.29) is 0 Å². The van der Waals surface area contributed by atoms with Crippen LogP contribution in [0.5, 0.6) is 0 Å². The van der Waals surface area contributed by atoms with Crippen molar-refractivity contribution in [3.8, 4) is 0 Å². The van der Waals surface area contributed by atoms with E-state index in [1.807, 2.05) is 0 Å². The lowest BCUT2D eigenvalue weighted by Gasteiger charge is -2.42. The fourth-order valence-corrected chi connectivity index (χ4v) is 3.20. The summed E-state index contributed by atoms with van der Waals surface area (Å²) in [4.78, 5) is 0. The summed E-state index contributed by atoms with van der Waals surface area (Å²) < 4.78 is 0. The largest absolute Gasteiger partial charge is 0.317 e. The Hall–Kier alpha value is -0.0800. The predicted molar refractivity (Wildman–Crippen MR) is 69.7 cm³/mol. The van der Waals surface area contributed by atoms with Crippen LogP contribution in [0.3, 0.4) is 0 Å². The van der Waals surface area contributed by atoms with Crippen molar-refractivity contribution in [2.45, 2.75) is 52.4 Å². The highest BCUT2D eigenvalue weighted by molar-refractivity contribution is 4.89. The van der Waals surface area contributed by atoms with Crippen LogP contribution in [0.2, 0.25) is 0 Å². The lowest BCUT2D eigenvalue weighted by Crippen LogP contribution is -2.46. The molecule has 0 atom stereocenters. The van der Waals surface area contributed by atoms with Crippen molar-refractivity contribution in [1.29, 1.82) is 0 Å². The van der Waals surface area contributed by atoms with Gasteiger partial charge in [0.15, 0.2) is 0 Å². The zero-order chi connectivity index (χ0) is 11.5. The Morgan fingerprint density at radius 1 is 1.06 bits per heavy atom. The molecule has 16 heavy (non-hydrogen) atoms. The highest BCUT2D eigenvalue weighted by Gasteiger charge is 2.33. The molecule has 1 heterocycles. The van der Waals surface area contributed by atoms with E-state index in [4.69, 9.17) is 0 Å². The number of rotatable bonds is 5. The van der Waals surface area contributed by atoms with Gasteiger partial charge in [-0.15, -0.1) is 0 Å². The van der Waals surface area contributed by atoms with Gasteiger partial charge in [0.25, 0.3) is 0 Å². The summed E-state index contributed by atoms with van der Waals surface area (Å²) in [6, 6.07) is 0. The molecule has 1 saturated heterocycles. The van der Waals surface area contributed by atoms with Gasteiger partial charge in [-0.05, 0) is 56.0 Å². The summed E-state index contributed by atoms with van der Waals surface area (Å²) in [6.07, 6.45) is 8.35. The molecule has 0 aromatic rings. The van der Waals surface area contributed by atoms with Gasteiger partial charge in [-0.25, -0.2) is 0 Å². The monoisotopic (exact) mass is 224 g/mol. The molecule has 2 N–H and O–H groups in total. The molecule has 2 nitrogen and oxygen atoms in total. The first-order chi connectivity index (χ1) is 7.68. The second kappa shape index (κ2) is 5.05. The van der Waals surface area contributed by atoms with Crippen molar-refractivity contribution in [3.05, 3.63) is 0 Å². The highest BCUT2D eigenvalue weighted by Crippen LogP contribution is 2.40. The molecule has 2 rings (SSSR count). The van der Waals surface area contributed by atoms with Crippen LogP contribution >= 0.6 is 0 Å². The quantitative estimate of drug-likeness (QED) is 0.750. The smallest absolute Gasteiger partial charge is 0.000889 e. The third kappa shape index (κ3) is 2.78. The van der Waals surface area contributed by atoms with Gasteiger partial charge in [0.2, 0.25) is 0 Å². The minimum Gasteiger partial charge on any atom is -0.317 e. The van der Waals surface area contributed by atoms with Gasteiger partial charge in [0, 0.05) is 13.1 Å². The molecule has 1 aliphatic carbocycles.